The lowest BCUT2D eigenvalue weighted by Gasteiger charge is -2.34. The van der Waals surface area contributed by atoms with Crippen molar-refractivity contribution >= 4 is 13.5 Å². The first-order chi connectivity index (χ1) is 4.73. The first-order valence-electron chi connectivity index (χ1n) is 3.82. The summed E-state index contributed by atoms with van der Waals surface area (Å²) in [4.78, 5) is 11.2. The molecule has 0 rings (SSSR count). The number of halogens is 1. The molecule has 0 saturated carbocycles. The molecule has 1 nitrogen and oxygen atoms in total. The third kappa shape index (κ3) is 2.12. The Morgan fingerprint density at radius 1 is 1.36 bits per heavy atom. The lowest BCUT2D eigenvalue weighted by atomic mass is 10.2. The van der Waals surface area contributed by atoms with Crippen LogP contribution >= 0.6 is 0 Å². The van der Waals surface area contributed by atoms with Crippen LogP contribution in [0.1, 0.15) is 20.8 Å². The Morgan fingerprint density at radius 3 is 1.82 bits per heavy atom. The minimum atomic E-state index is -2.02. The second kappa shape index (κ2) is 3.05. The summed E-state index contributed by atoms with van der Waals surface area (Å²) < 4.78 is 12.1. The van der Waals surface area contributed by atoms with E-state index in [1.54, 1.807) is 0 Å². The molecule has 0 spiro atoms. The highest BCUT2D eigenvalue weighted by Crippen LogP contribution is 2.36. The molecule has 0 heterocycles. The molecule has 66 valence electrons. The van der Waals surface area contributed by atoms with Crippen LogP contribution in [0.5, 0.6) is 0 Å². The van der Waals surface area contributed by atoms with E-state index in [-0.39, 0.29) is 10.4 Å². The molecular weight excluding hydrogens is 159 g/mol. The second-order valence-corrected chi connectivity index (χ2v) is 9.74. The fourth-order valence-electron chi connectivity index (χ4n) is 0.585. The summed E-state index contributed by atoms with van der Waals surface area (Å²) in [7, 11) is -2.02. The number of hydrogen-bond donors (Lipinski definition) is 0. The van der Waals surface area contributed by atoms with Crippen molar-refractivity contribution in [3.05, 3.63) is 0 Å². The van der Waals surface area contributed by atoms with Crippen molar-refractivity contribution in [1.29, 1.82) is 0 Å². The van der Waals surface area contributed by atoms with E-state index >= 15 is 0 Å². The average molecular weight is 176 g/mol. The third-order valence-electron chi connectivity index (χ3n) is 2.69. The smallest absolute Gasteiger partial charge is 0.143 e. The largest absolute Gasteiger partial charge is 0.303 e. The molecule has 0 amide bonds. The number of carbonyl (C=O) groups is 1. The van der Waals surface area contributed by atoms with E-state index in [9.17, 15) is 9.18 Å². The molecule has 0 aliphatic carbocycles. The highest BCUT2D eigenvalue weighted by molar-refractivity contribution is 7.06. The van der Waals surface area contributed by atoms with Crippen LogP contribution in [0.15, 0.2) is 0 Å². The number of hydrogen-bond acceptors (Lipinski definition) is 1. The van der Waals surface area contributed by atoms with Gasteiger partial charge in [0.15, 0.2) is 0 Å². The second-order valence-electron chi connectivity index (χ2n) is 4.43. The fourth-order valence-corrected chi connectivity index (χ4v) is 1.76. The lowest BCUT2D eigenvalue weighted by Crippen LogP contribution is -2.47. The number of carbonyl (C=O) groups excluding carboxylic acids is 1. The number of alkyl halides is 1. The molecule has 0 aliphatic rings. The van der Waals surface area contributed by atoms with E-state index in [2.05, 4.69) is 0 Å². The van der Waals surface area contributed by atoms with Crippen LogP contribution < -0.4 is 0 Å². The van der Waals surface area contributed by atoms with Crippen LogP contribution in [-0.4, -0.2) is 20.2 Å². The highest BCUT2D eigenvalue weighted by Gasteiger charge is 2.41. The Labute approximate surface area is 69.0 Å². The molecule has 0 aromatic heterocycles. The first-order valence-corrected chi connectivity index (χ1v) is 6.82. The maximum Gasteiger partial charge on any atom is 0.143 e. The summed E-state index contributed by atoms with van der Waals surface area (Å²) in [6.45, 7) is 9.08. The van der Waals surface area contributed by atoms with Crippen molar-refractivity contribution in [2.24, 2.45) is 0 Å². The van der Waals surface area contributed by atoms with E-state index in [4.69, 9.17) is 0 Å². The number of rotatable bonds is 2. The summed E-state index contributed by atoms with van der Waals surface area (Å²) in [6.07, 6.45) is 0. The molecule has 0 aromatic carbocycles. The minimum Gasteiger partial charge on any atom is -0.303 e. The minimum absolute atomic E-state index is 0.0316. The first kappa shape index (κ1) is 10.8. The van der Waals surface area contributed by atoms with Gasteiger partial charge in [-0.05, 0) is 5.04 Å². The molecule has 0 radical (unpaired) electrons. The molecule has 0 aromatic rings. The SMILES string of the molecule is CC(C)(C)[Si](C)(C)C(=O)CF. The summed E-state index contributed by atoms with van der Waals surface area (Å²) in [5.74, 6) is 0. The van der Waals surface area contributed by atoms with Crippen LogP contribution in [0.2, 0.25) is 18.1 Å². The van der Waals surface area contributed by atoms with Crippen molar-refractivity contribution in [1.82, 2.24) is 0 Å². The normalized spacial score (nSPS) is 13.3. The summed E-state index contributed by atoms with van der Waals surface area (Å²) in [6, 6.07) is 0. The Bertz CT molecular complexity index is 158. The maximum absolute atomic E-state index is 12.1. The highest BCUT2D eigenvalue weighted by atomic mass is 28.3. The van der Waals surface area contributed by atoms with Crippen LogP contribution in [0, 0.1) is 0 Å². The van der Waals surface area contributed by atoms with Crippen LogP contribution in [-0.2, 0) is 4.79 Å². The molecular formula is C8H17FOSi. The third-order valence-corrected chi connectivity index (χ3v) is 7.97. The average Bonchev–Trinajstić information content (AvgIpc) is 1.83. The Morgan fingerprint density at radius 2 is 1.73 bits per heavy atom. The molecule has 0 bridgehead atoms. The predicted molar refractivity (Wildman–Crippen MR) is 48.2 cm³/mol. The van der Waals surface area contributed by atoms with Gasteiger partial charge in [-0.2, -0.15) is 0 Å². The van der Waals surface area contributed by atoms with Crippen molar-refractivity contribution in [3.63, 3.8) is 0 Å². The zero-order chi connectivity index (χ0) is 9.28. The van der Waals surface area contributed by atoms with E-state index in [1.807, 2.05) is 33.9 Å². The fraction of sp³-hybridized carbons (Fsp3) is 0.875. The van der Waals surface area contributed by atoms with Crippen molar-refractivity contribution in [3.8, 4) is 0 Å². The van der Waals surface area contributed by atoms with Gasteiger partial charge in [-0.15, -0.1) is 0 Å². The topological polar surface area (TPSA) is 17.1 Å². The molecule has 0 unspecified atom stereocenters. The van der Waals surface area contributed by atoms with Gasteiger partial charge < -0.3 is 4.79 Å². The van der Waals surface area contributed by atoms with Gasteiger partial charge >= 0.3 is 0 Å². The molecule has 0 aliphatic heterocycles. The van der Waals surface area contributed by atoms with Crippen LogP contribution in [0.25, 0.3) is 0 Å². The lowest BCUT2D eigenvalue weighted by molar-refractivity contribution is -0.113. The monoisotopic (exact) mass is 176 g/mol. The van der Waals surface area contributed by atoms with Gasteiger partial charge in [-0.25, -0.2) is 4.39 Å². The Kier molecular flexibility index (Phi) is 3.00. The Hall–Kier alpha value is -0.183. The molecule has 3 heteroatoms. The molecule has 0 fully saturated rings. The van der Waals surface area contributed by atoms with E-state index in [0.717, 1.165) is 0 Å². The summed E-state index contributed by atoms with van der Waals surface area (Å²) >= 11 is 0. The van der Waals surface area contributed by atoms with Gasteiger partial charge in [0.25, 0.3) is 0 Å². The van der Waals surface area contributed by atoms with E-state index in [1.165, 1.54) is 0 Å². The summed E-state index contributed by atoms with van der Waals surface area (Å²) in [5.41, 5.74) is 0. The molecule has 0 saturated heterocycles. The van der Waals surface area contributed by atoms with Gasteiger partial charge in [-0.1, -0.05) is 33.9 Å². The molecule has 11 heavy (non-hydrogen) atoms. The van der Waals surface area contributed by atoms with Gasteiger partial charge in [0.2, 0.25) is 0 Å². The van der Waals surface area contributed by atoms with E-state index in [0.29, 0.717) is 0 Å². The maximum atomic E-state index is 12.1. The van der Waals surface area contributed by atoms with Crippen LogP contribution in [0.4, 0.5) is 4.39 Å². The van der Waals surface area contributed by atoms with E-state index < -0.39 is 14.7 Å². The van der Waals surface area contributed by atoms with Crippen LogP contribution in [0.3, 0.4) is 0 Å². The van der Waals surface area contributed by atoms with Gasteiger partial charge in [0.05, 0.1) is 0 Å². The van der Waals surface area contributed by atoms with Gasteiger partial charge in [-0.3, -0.25) is 0 Å². The van der Waals surface area contributed by atoms with Crippen molar-refractivity contribution < 1.29 is 9.18 Å². The molecule has 0 atom stereocenters. The molecule has 0 N–H and O–H groups in total. The van der Waals surface area contributed by atoms with Gasteiger partial charge in [0, 0.05) is 0 Å². The predicted octanol–water partition coefficient (Wildman–Crippen LogP) is 2.57. The zero-order valence-electron chi connectivity index (χ0n) is 7.99. The standard InChI is InChI=1S/C8H17FOSi/c1-8(2,3)11(4,5)7(10)6-9/h6H2,1-5H3. The van der Waals surface area contributed by atoms with Crippen molar-refractivity contribution in [2.45, 2.75) is 38.9 Å². The van der Waals surface area contributed by atoms with Crippen molar-refractivity contribution in [2.75, 3.05) is 6.67 Å². The van der Waals surface area contributed by atoms with Gasteiger partial charge in [0.1, 0.15) is 20.2 Å². The summed E-state index contributed by atoms with van der Waals surface area (Å²) in [5, 5.41) is -0.207. The quantitative estimate of drug-likeness (QED) is 0.591. The Balaban J connectivity index is 4.59. The zero-order valence-corrected chi connectivity index (χ0v) is 8.99.